The van der Waals surface area contributed by atoms with Gasteiger partial charge >= 0.3 is 5.97 Å². The predicted octanol–water partition coefficient (Wildman–Crippen LogP) is 3.09. The molecule has 154 valence electrons. The highest BCUT2D eigenvalue weighted by molar-refractivity contribution is 5.99. The number of anilines is 1. The number of aryl methyl sites for hydroxylation is 3. The van der Waals surface area contributed by atoms with Crippen LogP contribution in [0, 0.1) is 27.7 Å². The molecule has 0 fully saturated rings. The lowest BCUT2D eigenvalue weighted by Gasteiger charge is -2.19. The summed E-state index contributed by atoms with van der Waals surface area (Å²) in [5, 5.41) is 11.6. The lowest BCUT2D eigenvalue weighted by molar-refractivity contribution is -0.139. The van der Waals surface area contributed by atoms with Crippen molar-refractivity contribution < 1.29 is 24.2 Å². The van der Waals surface area contributed by atoms with Gasteiger partial charge in [-0.2, -0.15) is 0 Å². The maximum Gasteiger partial charge on any atom is 0.341 e. The molecule has 0 spiro atoms. The molecule has 0 aromatic heterocycles. The molecule has 0 saturated carbocycles. The van der Waals surface area contributed by atoms with E-state index in [4.69, 9.17) is 9.84 Å². The summed E-state index contributed by atoms with van der Waals surface area (Å²) in [6.45, 7) is 6.84. The monoisotopic (exact) mass is 398 g/mol. The molecule has 0 bridgehead atoms. The number of amides is 2. The van der Waals surface area contributed by atoms with Gasteiger partial charge in [0.25, 0.3) is 5.91 Å². The fourth-order valence-electron chi connectivity index (χ4n) is 3.02. The Morgan fingerprint density at radius 3 is 2.24 bits per heavy atom. The van der Waals surface area contributed by atoms with E-state index < -0.39 is 12.6 Å². The summed E-state index contributed by atoms with van der Waals surface area (Å²) in [6, 6.07) is 8.92. The number of carboxylic acids is 1. The summed E-state index contributed by atoms with van der Waals surface area (Å²) < 4.78 is 5.29. The minimum atomic E-state index is -1.07. The van der Waals surface area contributed by atoms with Gasteiger partial charge in [0, 0.05) is 18.3 Å². The Bertz CT molecular complexity index is 929. The molecular formula is C22H26N2O5. The van der Waals surface area contributed by atoms with Crippen molar-refractivity contribution in [3.8, 4) is 5.75 Å². The highest BCUT2D eigenvalue weighted by atomic mass is 16.5. The van der Waals surface area contributed by atoms with Crippen LogP contribution in [-0.2, 0) is 9.59 Å². The SMILES string of the molecule is Cc1cccc(NC(=O)CN(C)C(=O)c2cc(C)c(OCC(=O)O)c(C)c2)c1C. The summed E-state index contributed by atoms with van der Waals surface area (Å²) in [7, 11) is 1.56. The number of carbonyl (C=O) groups is 3. The van der Waals surface area contributed by atoms with E-state index in [2.05, 4.69) is 5.32 Å². The molecule has 0 aliphatic rings. The lowest BCUT2D eigenvalue weighted by Crippen LogP contribution is -2.35. The second-order valence-electron chi connectivity index (χ2n) is 7.08. The minimum absolute atomic E-state index is 0.0957. The summed E-state index contributed by atoms with van der Waals surface area (Å²) in [5.74, 6) is -1.22. The van der Waals surface area contributed by atoms with Gasteiger partial charge in [-0.25, -0.2) is 4.79 Å². The average Bonchev–Trinajstić information content (AvgIpc) is 2.63. The zero-order chi connectivity index (χ0) is 21.7. The van der Waals surface area contributed by atoms with Crippen molar-refractivity contribution in [1.82, 2.24) is 4.90 Å². The smallest absolute Gasteiger partial charge is 0.341 e. The molecule has 0 radical (unpaired) electrons. The summed E-state index contributed by atoms with van der Waals surface area (Å²) in [6.07, 6.45) is 0. The highest BCUT2D eigenvalue weighted by Crippen LogP contribution is 2.25. The molecule has 7 nitrogen and oxygen atoms in total. The molecule has 0 aliphatic heterocycles. The van der Waals surface area contributed by atoms with Crippen LogP contribution < -0.4 is 10.1 Å². The van der Waals surface area contributed by atoms with Gasteiger partial charge in [0.2, 0.25) is 5.91 Å². The van der Waals surface area contributed by atoms with Crippen LogP contribution in [0.3, 0.4) is 0 Å². The number of hydrogen-bond donors (Lipinski definition) is 2. The molecule has 29 heavy (non-hydrogen) atoms. The van der Waals surface area contributed by atoms with E-state index in [1.165, 1.54) is 4.90 Å². The third-order valence-corrected chi connectivity index (χ3v) is 4.65. The number of aliphatic carboxylic acids is 1. The summed E-state index contributed by atoms with van der Waals surface area (Å²) in [5.41, 5.74) is 4.50. The maximum atomic E-state index is 12.7. The molecule has 2 aromatic rings. The topological polar surface area (TPSA) is 95.9 Å². The van der Waals surface area contributed by atoms with Crippen LogP contribution in [0.25, 0.3) is 0 Å². The standard InChI is InChI=1S/C22H26N2O5/c1-13-7-6-8-18(16(13)4)23-19(25)11-24(5)22(28)17-9-14(2)21(15(3)10-17)29-12-20(26)27/h6-10H,11-12H2,1-5H3,(H,23,25)(H,26,27). The Morgan fingerprint density at radius 1 is 1.03 bits per heavy atom. The second-order valence-corrected chi connectivity index (χ2v) is 7.08. The van der Waals surface area contributed by atoms with E-state index in [1.807, 2.05) is 32.0 Å². The van der Waals surface area contributed by atoms with Crippen LogP contribution in [0.5, 0.6) is 5.75 Å². The fourth-order valence-corrected chi connectivity index (χ4v) is 3.02. The van der Waals surface area contributed by atoms with Crippen LogP contribution >= 0.6 is 0 Å². The fraction of sp³-hybridized carbons (Fsp3) is 0.318. The number of carbonyl (C=O) groups excluding carboxylic acids is 2. The Labute approximate surface area is 170 Å². The van der Waals surface area contributed by atoms with E-state index in [9.17, 15) is 14.4 Å². The predicted molar refractivity (Wildman–Crippen MR) is 111 cm³/mol. The third kappa shape index (κ3) is 5.57. The summed E-state index contributed by atoms with van der Waals surface area (Å²) >= 11 is 0. The Morgan fingerprint density at radius 2 is 1.66 bits per heavy atom. The van der Waals surface area contributed by atoms with Crippen molar-refractivity contribution in [2.24, 2.45) is 0 Å². The second kappa shape index (κ2) is 9.23. The first-order valence-corrected chi connectivity index (χ1v) is 9.17. The number of nitrogens with zero attached hydrogens (tertiary/aromatic N) is 1. The van der Waals surface area contributed by atoms with Gasteiger partial charge < -0.3 is 20.1 Å². The van der Waals surface area contributed by atoms with Crippen molar-refractivity contribution in [3.05, 3.63) is 58.1 Å². The number of nitrogens with one attached hydrogen (secondary N) is 1. The summed E-state index contributed by atoms with van der Waals surface area (Å²) in [4.78, 5) is 37.2. The van der Waals surface area contributed by atoms with Crippen molar-refractivity contribution in [2.75, 3.05) is 25.5 Å². The number of rotatable bonds is 7. The van der Waals surface area contributed by atoms with E-state index in [0.29, 0.717) is 22.4 Å². The third-order valence-electron chi connectivity index (χ3n) is 4.65. The molecule has 2 aromatic carbocycles. The van der Waals surface area contributed by atoms with Crippen molar-refractivity contribution >= 4 is 23.5 Å². The Balaban J connectivity index is 2.08. The molecule has 0 unspecified atom stereocenters. The average molecular weight is 398 g/mol. The van der Waals surface area contributed by atoms with Gasteiger partial charge in [-0.1, -0.05) is 12.1 Å². The van der Waals surface area contributed by atoms with E-state index in [0.717, 1.165) is 16.8 Å². The number of carboxylic acid groups (broad SMARTS) is 1. The minimum Gasteiger partial charge on any atom is -0.481 e. The molecule has 2 rings (SSSR count). The highest BCUT2D eigenvalue weighted by Gasteiger charge is 2.18. The quantitative estimate of drug-likeness (QED) is 0.747. The van der Waals surface area contributed by atoms with Crippen LogP contribution in [-0.4, -0.2) is 48.0 Å². The Kier molecular flexibility index (Phi) is 6.98. The number of likely N-dealkylation sites (N-methyl/N-ethyl adjacent to an activating group) is 1. The molecule has 0 heterocycles. The van der Waals surface area contributed by atoms with Crippen LogP contribution in [0.1, 0.15) is 32.6 Å². The van der Waals surface area contributed by atoms with Gasteiger partial charge in [-0.15, -0.1) is 0 Å². The molecular weight excluding hydrogens is 372 g/mol. The molecule has 0 saturated heterocycles. The van der Waals surface area contributed by atoms with E-state index in [-0.39, 0.29) is 18.4 Å². The van der Waals surface area contributed by atoms with Gasteiger partial charge in [0.1, 0.15) is 5.75 Å². The molecule has 2 N–H and O–H groups in total. The number of hydrogen-bond acceptors (Lipinski definition) is 4. The first kappa shape index (κ1) is 21.9. The van der Waals surface area contributed by atoms with Gasteiger partial charge in [-0.05, 0) is 68.1 Å². The maximum absolute atomic E-state index is 12.7. The molecule has 2 amide bonds. The largest absolute Gasteiger partial charge is 0.481 e. The van der Waals surface area contributed by atoms with E-state index in [1.54, 1.807) is 33.0 Å². The lowest BCUT2D eigenvalue weighted by atomic mass is 10.0. The normalized spacial score (nSPS) is 10.4. The van der Waals surface area contributed by atoms with Gasteiger partial charge in [0.15, 0.2) is 6.61 Å². The number of ether oxygens (including phenoxy) is 1. The molecule has 0 aliphatic carbocycles. The van der Waals surface area contributed by atoms with Crippen molar-refractivity contribution in [1.29, 1.82) is 0 Å². The zero-order valence-electron chi connectivity index (χ0n) is 17.3. The van der Waals surface area contributed by atoms with Crippen LogP contribution in [0.15, 0.2) is 30.3 Å². The Hall–Kier alpha value is -3.35. The van der Waals surface area contributed by atoms with Crippen molar-refractivity contribution in [3.63, 3.8) is 0 Å². The molecule has 7 heteroatoms. The van der Waals surface area contributed by atoms with Crippen LogP contribution in [0.4, 0.5) is 5.69 Å². The molecule has 0 atom stereocenters. The number of benzene rings is 2. The zero-order valence-corrected chi connectivity index (χ0v) is 17.3. The van der Waals surface area contributed by atoms with Crippen molar-refractivity contribution in [2.45, 2.75) is 27.7 Å². The van der Waals surface area contributed by atoms with E-state index >= 15 is 0 Å². The van der Waals surface area contributed by atoms with Gasteiger partial charge in [-0.3, -0.25) is 9.59 Å². The van der Waals surface area contributed by atoms with Gasteiger partial charge in [0.05, 0.1) is 6.54 Å². The first-order valence-electron chi connectivity index (χ1n) is 9.17. The first-order chi connectivity index (χ1) is 13.6. The van der Waals surface area contributed by atoms with Crippen LogP contribution in [0.2, 0.25) is 0 Å².